The van der Waals surface area contributed by atoms with E-state index in [4.69, 9.17) is 23.2 Å². The van der Waals surface area contributed by atoms with Gasteiger partial charge in [0.2, 0.25) is 5.91 Å². The van der Waals surface area contributed by atoms with Gasteiger partial charge in [-0.3, -0.25) is 9.52 Å². The molecule has 23 heavy (non-hydrogen) atoms. The molecule has 0 bridgehead atoms. The van der Waals surface area contributed by atoms with Crippen LogP contribution in [0.5, 0.6) is 0 Å². The van der Waals surface area contributed by atoms with Gasteiger partial charge in [0.25, 0.3) is 10.0 Å². The fourth-order valence-corrected chi connectivity index (χ4v) is 3.48. The van der Waals surface area contributed by atoms with Crippen LogP contribution in [0.2, 0.25) is 10.0 Å². The molecule has 0 aliphatic heterocycles. The van der Waals surface area contributed by atoms with Gasteiger partial charge in [0.15, 0.2) is 0 Å². The Morgan fingerprint density at radius 2 is 1.78 bits per heavy atom. The molecule has 2 N–H and O–H groups in total. The number of sulfonamides is 1. The molecule has 0 saturated carbocycles. The lowest BCUT2D eigenvalue weighted by atomic mass is 10.2. The summed E-state index contributed by atoms with van der Waals surface area (Å²) in [5.41, 5.74) is 1.38. The maximum absolute atomic E-state index is 12.5. The van der Waals surface area contributed by atoms with Gasteiger partial charge in [0, 0.05) is 12.6 Å². The molecule has 1 amide bonds. The van der Waals surface area contributed by atoms with Crippen LogP contribution in [0.25, 0.3) is 0 Å². The first kappa shape index (κ1) is 17.6. The number of aryl methyl sites for hydroxylation is 1. The van der Waals surface area contributed by atoms with Crippen molar-refractivity contribution >= 4 is 50.5 Å². The van der Waals surface area contributed by atoms with E-state index < -0.39 is 10.0 Å². The molecule has 0 unspecified atom stereocenters. The number of carbonyl (C=O) groups is 1. The number of benzene rings is 2. The van der Waals surface area contributed by atoms with Crippen molar-refractivity contribution < 1.29 is 13.2 Å². The summed E-state index contributed by atoms with van der Waals surface area (Å²) in [6.45, 7) is 3.09. The molecule has 2 aromatic carbocycles. The molecule has 2 aromatic rings. The van der Waals surface area contributed by atoms with E-state index in [-0.39, 0.29) is 26.5 Å². The van der Waals surface area contributed by atoms with Gasteiger partial charge in [-0.25, -0.2) is 8.42 Å². The highest BCUT2D eigenvalue weighted by molar-refractivity contribution is 7.92. The summed E-state index contributed by atoms with van der Waals surface area (Å²) in [7, 11) is -3.83. The number of hydrogen-bond acceptors (Lipinski definition) is 3. The third-order valence-electron chi connectivity index (χ3n) is 3.01. The number of nitrogens with one attached hydrogen (secondary N) is 2. The fourth-order valence-electron chi connectivity index (χ4n) is 1.92. The molecule has 0 spiro atoms. The zero-order valence-electron chi connectivity index (χ0n) is 12.4. The summed E-state index contributed by atoms with van der Waals surface area (Å²) in [5.74, 6) is -0.229. The Balaban J connectivity index is 2.35. The average molecular weight is 373 g/mol. The highest BCUT2D eigenvalue weighted by Crippen LogP contribution is 2.31. The third kappa shape index (κ3) is 4.16. The minimum atomic E-state index is -3.83. The molecule has 0 atom stereocenters. The molecule has 0 aliphatic rings. The SMILES string of the molecule is CC(=O)Nc1ccc(S(=O)(=O)Nc2cccc(Cl)c2Cl)cc1C. The number of anilines is 2. The van der Waals surface area contributed by atoms with Crippen molar-refractivity contribution in [2.45, 2.75) is 18.7 Å². The summed E-state index contributed by atoms with van der Waals surface area (Å²) < 4.78 is 27.3. The smallest absolute Gasteiger partial charge is 0.261 e. The Hall–Kier alpha value is -1.76. The zero-order chi connectivity index (χ0) is 17.2. The van der Waals surface area contributed by atoms with Crippen molar-refractivity contribution in [3.05, 3.63) is 52.0 Å². The van der Waals surface area contributed by atoms with Gasteiger partial charge in [-0.05, 0) is 42.8 Å². The summed E-state index contributed by atoms with van der Waals surface area (Å²) in [6, 6.07) is 9.07. The fraction of sp³-hybridized carbons (Fsp3) is 0.133. The van der Waals surface area contributed by atoms with E-state index in [2.05, 4.69) is 10.0 Å². The first-order valence-electron chi connectivity index (χ1n) is 6.56. The first-order valence-corrected chi connectivity index (χ1v) is 8.79. The van der Waals surface area contributed by atoms with Crippen LogP contribution in [0.1, 0.15) is 12.5 Å². The van der Waals surface area contributed by atoms with Crippen LogP contribution in [0.4, 0.5) is 11.4 Å². The molecular formula is C15H14Cl2N2O3S. The molecule has 0 radical (unpaired) electrons. The lowest BCUT2D eigenvalue weighted by Gasteiger charge is -2.12. The second-order valence-corrected chi connectivity index (χ2v) is 7.33. The lowest BCUT2D eigenvalue weighted by Crippen LogP contribution is -2.14. The van der Waals surface area contributed by atoms with Gasteiger partial charge in [0.1, 0.15) is 0 Å². The molecule has 5 nitrogen and oxygen atoms in total. The number of carbonyl (C=O) groups excluding carboxylic acids is 1. The van der Waals surface area contributed by atoms with Gasteiger partial charge in [-0.1, -0.05) is 29.3 Å². The van der Waals surface area contributed by atoms with Crippen LogP contribution in [-0.4, -0.2) is 14.3 Å². The van der Waals surface area contributed by atoms with Crippen LogP contribution in [0, 0.1) is 6.92 Å². The maximum atomic E-state index is 12.5. The number of amides is 1. The summed E-state index contributed by atoms with van der Waals surface area (Å²) >= 11 is 11.9. The van der Waals surface area contributed by atoms with Gasteiger partial charge < -0.3 is 5.32 Å². The van der Waals surface area contributed by atoms with E-state index in [9.17, 15) is 13.2 Å². The molecule has 0 aromatic heterocycles. The Morgan fingerprint density at radius 3 is 2.39 bits per heavy atom. The molecule has 8 heteroatoms. The quantitative estimate of drug-likeness (QED) is 0.849. The van der Waals surface area contributed by atoms with E-state index in [1.165, 1.54) is 31.2 Å². The van der Waals surface area contributed by atoms with Gasteiger partial charge in [0.05, 0.1) is 20.6 Å². The average Bonchev–Trinajstić information content (AvgIpc) is 2.45. The number of halogens is 2. The van der Waals surface area contributed by atoms with Crippen molar-refractivity contribution in [3.8, 4) is 0 Å². The second kappa shape index (κ2) is 6.78. The predicted octanol–water partition coefficient (Wildman–Crippen LogP) is 4.06. The van der Waals surface area contributed by atoms with Crippen molar-refractivity contribution in [1.29, 1.82) is 0 Å². The predicted molar refractivity (Wildman–Crippen MR) is 92.8 cm³/mol. The molecule has 0 aliphatic carbocycles. The van der Waals surface area contributed by atoms with E-state index in [1.807, 2.05) is 0 Å². The maximum Gasteiger partial charge on any atom is 0.261 e. The van der Waals surface area contributed by atoms with Crippen LogP contribution in [-0.2, 0) is 14.8 Å². The van der Waals surface area contributed by atoms with E-state index in [1.54, 1.807) is 19.1 Å². The van der Waals surface area contributed by atoms with Crippen LogP contribution < -0.4 is 10.0 Å². The standard InChI is InChI=1S/C15H14Cl2N2O3S/c1-9-8-11(6-7-13(9)18-10(2)20)23(21,22)19-14-5-3-4-12(16)15(14)17/h3-8,19H,1-2H3,(H,18,20). The van der Waals surface area contributed by atoms with Crippen molar-refractivity contribution in [1.82, 2.24) is 0 Å². The minimum absolute atomic E-state index is 0.0557. The Morgan fingerprint density at radius 1 is 1.09 bits per heavy atom. The highest BCUT2D eigenvalue weighted by atomic mass is 35.5. The molecule has 0 saturated heterocycles. The summed E-state index contributed by atoms with van der Waals surface area (Å²) in [4.78, 5) is 11.1. The van der Waals surface area contributed by atoms with Crippen molar-refractivity contribution in [3.63, 3.8) is 0 Å². The van der Waals surface area contributed by atoms with Crippen LogP contribution in [0.3, 0.4) is 0 Å². The number of hydrogen-bond donors (Lipinski definition) is 2. The zero-order valence-corrected chi connectivity index (χ0v) is 14.7. The van der Waals surface area contributed by atoms with Gasteiger partial charge in [-0.2, -0.15) is 0 Å². The van der Waals surface area contributed by atoms with Crippen LogP contribution >= 0.6 is 23.2 Å². The van der Waals surface area contributed by atoms with Crippen molar-refractivity contribution in [2.24, 2.45) is 0 Å². The second-order valence-electron chi connectivity index (χ2n) is 4.86. The minimum Gasteiger partial charge on any atom is -0.326 e. The topological polar surface area (TPSA) is 75.3 Å². The normalized spacial score (nSPS) is 11.1. The molecule has 2 rings (SSSR count). The highest BCUT2D eigenvalue weighted by Gasteiger charge is 2.17. The number of rotatable bonds is 4. The van der Waals surface area contributed by atoms with Crippen molar-refractivity contribution in [2.75, 3.05) is 10.0 Å². The molecule has 0 heterocycles. The Bertz CT molecular complexity index is 867. The molecular weight excluding hydrogens is 359 g/mol. The Kier molecular flexibility index (Phi) is 5.19. The van der Waals surface area contributed by atoms with E-state index >= 15 is 0 Å². The van der Waals surface area contributed by atoms with Gasteiger partial charge in [-0.15, -0.1) is 0 Å². The lowest BCUT2D eigenvalue weighted by molar-refractivity contribution is -0.114. The molecule has 0 fully saturated rings. The first-order chi connectivity index (χ1) is 10.7. The van der Waals surface area contributed by atoms with E-state index in [0.717, 1.165) is 0 Å². The molecule has 122 valence electrons. The van der Waals surface area contributed by atoms with Crippen LogP contribution in [0.15, 0.2) is 41.3 Å². The van der Waals surface area contributed by atoms with E-state index in [0.29, 0.717) is 11.3 Å². The third-order valence-corrected chi connectivity index (χ3v) is 5.20. The monoisotopic (exact) mass is 372 g/mol. The summed E-state index contributed by atoms with van der Waals surface area (Å²) in [5, 5.41) is 3.01. The summed E-state index contributed by atoms with van der Waals surface area (Å²) in [6.07, 6.45) is 0. The van der Waals surface area contributed by atoms with Gasteiger partial charge >= 0.3 is 0 Å². The Labute approximate surface area is 144 Å². The largest absolute Gasteiger partial charge is 0.326 e.